The first-order chi connectivity index (χ1) is 26.6. The largest absolute Gasteiger partial charge is 1.00 e. The first kappa shape index (κ1) is 46.8. The van der Waals surface area contributed by atoms with E-state index >= 15 is 0 Å². The van der Waals surface area contributed by atoms with E-state index in [-0.39, 0.29) is 68.1 Å². The maximum atomic E-state index is 6.74. The Balaban J connectivity index is 0.00000293. The molecule has 5 heteroatoms. The summed E-state index contributed by atoms with van der Waals surface area (Å²) >= 11 is 10.2. The van der Waals surface area contributed by atoms with Crippen molar-refractivity contribution in [1.29, 1.82) is 0 Å². The minimum Gasteiger partial charge on any atom is -1.00 e. The summed E-state index contributed by atoms with van der Waals surface area (Å²) in [6, 6.07) is 17.8. The Morgan fingerprint density at radius 1 is 0.661 bits per heavy atom. The van der Waals surface area contributed by atoms with Crippen molar-refractivity contribution in [1.82, 2.24) is 0 Å². The first-order valence-corrected chi connectivity index (χ1v) is 26.0. The molecule has 8 rings (SSSR count). The normalized spacial score (nSPS) is 38.4. The summed E-state index contributed by atoms with van der Waals surface area (Å²) in [5.41, 5.74) is 4.51. The number of allylic oxidation sites excluding steroid dienone is 16. The van der Waals surface area contributed by atoms with Crippen LogP contribution in [0.25, 0.3) is 0 Å². The smallest absolute Gasteiger partial charge is 1.00 e. The molecule has 312 valence electrons. The maximum absolute atomic E-state index is 6.74. The molecular weight excluding hydrogens is 882 g/mol. The van der Waals surface area contributed by atoms with Crippen LogP contribution in [-0.4, -0.2) is 3.21 Å². The zero-order chi connectivity index (χ0) is 41.4. The van der Waals surface area contributed by atoms with Gasteiger partial charge in [0.25, 0.3) is 0 Å². The molecule has 59 heavy (non-hydrogen) atoms. The average Bonchev–Trinajstić information content (AvgIpc) is 3.68. The van der Waals surface area contributed by atoms with Crippen molar-refractivity contribution in [2.24, 2.45) is 61.1 Å². The van der Waals surface area contributed by atoms with Gasteiger partial charge in [0.2, 0.25) is 0 Å². The second kappa shape index (κ2) is 15.2. The Bertz CT molecular complexity index is 2260. The minimum atomic E-state index is -3.30. The van der Waals surface area contributed by atoms with Gasteiger partial charge in [0.15, 0.2) is 0 Å². The molecule has 2 fully saturated rings. The number of rotatable bonds is 5. The van der Waals surface area contributed by atoms with E-state index in [1.807, 2.05) is 0 Å². The van der Waals surface area contributed by atoms with Crippen LogP contribution in [0.1, 0.15) is 101 Å². The van der Waals surface area contributed by atoms with Crippen LogP contribution in [0.5, 0.6) is 0 Å². The predicted octanol–water partition coefficient (Wildman–Crippen LogP) is 9.57. The van der Waals surface area contributed by atoms with Gasteiger partial charge in [-0.25, -0.2) is 0 Å². The third kappa shape index (κ3) is 5.78. The first-order valence-electron chi connectivity index (χ1n) is 21.4. The van der Waals surface area contributed by atoms with Gasteiger partial charge >= 0.3 is 366 Å². The van der Waals surface area contributed by atoms with E-state index in [1.54, 1.807) is 6.49 Å². The molecule has 0 amide bonds. The molecule has 6 aliphatic rings. The van der Waals surface area contributed by atoms with Gasteiger partial charge in [0, 0.05) is 0 Å². The van der Waals surface area contributed by atoms with Crippen LogP contribution < -0.4 is 24.8 Å². The molecule has 0 nitrogen and oxygen atoms in total. The number of halogens is 4. The standard InChI is InChI=1S/C29H37.C13H8Cl2.C12H19.2ClH.Zr/c1-21-14-13-15-22-20-27(6)25(4)18-10-9-16-23(25,2)24(3)17-11-12-19-26(24,5)29(27,8)28(21,22)7;14-12-5-1-10(2-6-12)9-11-3-7-13(15)8-4-11;1-9(2)10-6-7-11(8-10)12(3,4)5;;;/h9-20,22H,1-8H3;1-8H;7-10H,1-5H3;2*1H;/q;;;;;+2/p-2. The molecule has 0 radical (unpaired) electrons. The topological polar surface area (TPSA) is 0 Å². The molecule has 2 aromatic rings. The average molecular weight is 946 g/mol. The van der Waals surface area contributed by atoms with Crippen LogP contribution in [0.15, 0.2) is 142 Å². The molecule has 0 spiro atoms. The van der Waals surface area contributed by atoms with E-state index in [2.05, 4.69) is 218 Å². The number of hydrogen-bond acceptors (Lipinski definition) is 0. The third-order valence-corrected chi connectivity index (χ3v) is 28.1. The van der Waals surface area contributed by atoms with E-state index in [1.165, 1.54) is 22.3 Å². The zero-order valence-electron chi connectivity index (χ0n) is 37.4. The van der Waals surface area contributed by atoms with E-state index in [0.29, 0.717) is 21.4 Å². The molecule has 0 heterocycles. The molecule has 0 aliphatic heterocycles. The summed E-state index contributed by atoms with van der Waals surface area (Å²) in [5, 5.41) is 1.55. The van der Waals surface area contributed by atoms with Gasteiger partial charge in [-0.2, -0.15) is 0 Å². The summed E-state index contributed by atoms with van der Waals surface area (Å²) in [4.78, 5) is 0. The second-order valence-corrected chi connectivity index (χ2v) is 28.1. The van der Waals surface area contributed by atoms with Crippen molar-refractivity contribution >= 4 is 26.4 Å². The zero-order valence-corrected chi connectivity index (χ0v) is 42.9. The molecule has 0 bridgehead atoms. The summed E-state index contributed by atoms with van der Waals surface area (Å²) in [6.07, 6.45) is 33.1. The predicted molar refractivity (Wildman–Crippen MR) is 244 cm³/mol. The quantitative estimate of drug-likeness (QED) is 0.281. The van der Waals surface area contributed by atoms with Crippen molar-refractivity contribution in [3.05, 3.63) is 163 Å². The van der Waals surface area contributed by atoms with Crippen LogP contribution >= 0.6 is 23.2 Å². The van der Waals surface area contributed by atoms with Gasteiger partial charge in [-0.15, -0.1) is 0 Å². The SMILES string of the molecule is CC1=CC=CC2[CH]([Zr+2]([C]3=CC(C(C)(C)C)=CC3C(C)C)=[C](c3ccc(Cl)cc3)c3ccc(Cl)cc3)C3(C)C4(C)C=CC=CC4(C)C4(C)C=CC=CC4(C)C3(C)C12C.[Cl-].[Cl-]. The Kier molecular flexibility index (Phi) is 12.1. The van der Waals surface area contributed by atoms with E-state index in [0.717, 1.165) is 10.0 Å². The molecule has 0 N–H and O–H groups in total. The second-order valence-electron chi connectivity index (χ2n) is 21.1. The van der Waals surface area contributed by atoms with Crippen molar-refractivity contribution in [3.8, 4) is 0 Å². The van der Waals surface area contributed by atoms with E-state index in [9.17, 15) is 0 Å². The molecule has 10 atom stereocenters. The number of benzene rings is 2. The monoisotopic (exact) mass is 942 g/mol. The molecule has 2 saturated carbocycles. The van der Waals surface area contributed by atoms with Gasteiger partial charge in [-0.1, -0.05) is 0 Å². The van der Waals surface area contributed by atoms with Gasteiger partial charge < -0.3 is 24.8 Å². The molecule has 2 aromatic carbocycles. The Morgan fingerprint density at radius 3 is 1.59 bits per heavy atom. The summed E-state index contributed by atoms with van der Waals surface area (Å²) in [5.74, 6) is 1.17. The third-order valence-electron chi connectivity index (χ3n) is 18.3. The van der Waals surface area contributed by atoms with Crippen molar-refractivity contribution in [2.75, 3.05) is 0 Å². The summed E-state index contributed by atoms with van der Waals surface area (Å²) in [6.45, 7) is 33.5. The molecule has 0 aromatic heterocycles. The Labute approximate surface area is 387 Å². The molecule has 10 unspecified atom stereocenters. The van der Waals surface area contributed by atoms with Crippen LogP contribution in [0.3, 0.4) is 0 Å². The maximum Gasteiger partial charge on any atom is -1.00 e. The van der Waals surface area contributed by atoms with E-state index < -0.39 is 21.3 Å². The van der Waals surface area contributed by atoms with Gasteiger partial charge in [-0.3, -0.25) is 0 Å². The Hall–Kier alpha value is -1.73. The van der Waals surface area contributed by atoms with Crippen molar-refractivity contribution in [2.45, 2.75) is 93.6 Å². The number of hydrogen-bond donors (Lipinski definition) is 0. The fourth-order valence-corrected chi connectivity index (χ4v) is 26.8. The van der Waals surface area contributed by atoms with Crippen molar-refractivity contribution in [3.63, 3.8) is 0 Å². The van der Waals surface area contributed by atoms with Crippen LogP contribution in [0, 0.1) is 61.1 Å². The van der Waals surface area contributed by atoms with Crippen molar-refractivity contribution < 1.29 is 46.1 Å². The fraction of sp³-hybridized carbons (Fsp3) is 0.463. The van der Waals surface area contributed by atoms with E-state index in [4.69, 9.17) is 23.2 Å². The van der Waals surface area contributed by atoms with Gasteiger partial charge in [0.05, 0.1) is 0 Å². The molecule has 6 aliphatic carbocycles. The minimum absolute atomic E-state index is 0. The Morgan fingerprint density at radius 2 is 1.12 bits per heavy atom. The molecular formula is C54H64Cl4Zr. The van der Waals surface area contributed by atoms with Crippen LogP contribution in [-0.2, 0) is 21.3 Å². The summed E-state index contributed by atoms with van der Waals surface area (Å²) < 4.78 is 3.70. The fourth-order valence-electron chi connectivity index (χ4n) is 14.3. The number of fused-ring (bicyclic) bond motifs is 8. The summed E-state index contributed by atoms with van der Waals surface area (Å²) in [7, 11) is 0. The van der Waals surface area contributed by atoms with Crippen LogP contribution in [0.4, 0.5) is 0 Å². The van der Waals surface area contributed by atoms with Crippen LogP contribution in [0.2, 0.25) is 13.7 Å². The van der Waals surface area contributed by atoms with Gasteiger partial charge in [0.1, 0.15) is 0 Å². The molecule has 0 saturated heterocycles. The van der Waals surface area contributed by atoms with Gasteiger partial charge in [-0.05, 0) is 0 Å².